The first-order chi connectivity index (χ1) is 13.3. The van der Waals surface area contributed by atoms with E-state index in [4.69, 9.17) is 0 Å². The van der Waals surface area contributed by atoms with Gasteiger partial charge in [-0.3, -0.25) is 9.56 Å². The second-order valence-corrected chi connectivity index (χ2v) is 8.87. The van der Waals surface area contributed by atoms with Crippen molar-refractivity contribution in [3.63, 3.8) is 0 Å². The van der Waals surface area contributed by atoms with E-state index in [-0.39, 0.29) is 0 Å². The van der Waals surface area contributed by atoms with Gasteiger partial charge in [-0.25, -0.2) is 0 Å². The smallest absolute Gasteiger partial charge is 0.232 e. The highest BCUT2D eigenvalue weighted by molar-refractivity contribution is 9.10. The van der Waals surface area contributed by atoms with Crippen LogP contribution in [0.15, 0.2) is 58.0 Å². The lowest BCUT2D eigenvalue weighted by molar-refractivity contribution is 0.735. The SMILES string of the molecule is Brc1ccc2c(c1)C=NCc1nnc(N3CCSC(c4ccccc4)C3)n1-2. The molecular weight excluding hydrogens is 422 g/mol. The normalized spacial score (nSPS) is 18.7. The van der Waals surface area contributed by atoms with Crippen molar-refractivity contribution in [1.82, 2.24) is 14.8 Å². The molecule has 0 bridgehead atoms. The minimum atomic E-state index is 0.444. The van der Waals surface area contributed by atoms with E-state index in [9.17, 15) is 0 Å². The zero-order valence-corrected chi connectivity index (χ0v) is 17.0. The molecule has 0 N–H and O–H groups in total. The van der Waals surface area contributed by atoms with E-state index >= 15 is 0 Å². The first kappa shape index (κ1) is 17.0. The van der Waals surface area contributed by atoms with Crippen LogP contribution in [0.3, 0.4) is 0 Å². The van der Waals surface area contributed by atoms with Crippen molar-refractivity contribution in [1.29, 1.82) is 0 Å². The summed E-state index contributed by atoms with van der Waals surface area (Å²) in [5.41, 5.74) is 3.54. The molecule has 1 atom stereocenters. The summed E-state index contributed by atoms with van der Waals surface area (Å²) in [5, 5.41) is 9.45. The van der Waals surface area contributed by atoms with Crippen LogP contribution in [0, 0.1) is 0 Å². The van der Waals surface area contributed by atoms with Gasteiger partial charge in [-0.1, -0.05) is 46.3 Å². The van der Waals surface area contributed by atoms with Crippen molar-refractivity contribution in [2.75, 3.05) is 23.7 Å². The second-order valence-electron chi connectivity index (χ2n) is 6.64. The van der Waals surface area contributed by atoms with Crippen molar-refractivity contribution < 1.29 is 0 Å². The summed E-state index contributed by atoms with van der Waals surface area (Å²) < 4.78 is 3.22. The Bertz CT molecular complexity index is 1000. The average molecular weight is 440 g/mol. The molecule has 0 spiro atoms. The number of fused-ring (bicyclic) bond motifs is 3. The lowest BCUT2D eigenvalue weighted by Gasteiger charge is -2.33. The molecule has 3 aromatic rings. The van der Waals surface area contributed by atoms with Gasteiger partial charge in [0.05, 0.1) is 12.2 Å². The summed E-state index contributed by atoms with van der Waals surface area (Å²) in [7, 11) is 0. The number of rotatable bonds is 2. The van der Waals surface area contributed by atoms with Gasteiger partial charge < -0.3 is 4.90 Å². The molecule has 1 aromatic heterocycles. The summed E-state index contributed by atoms with van der Waals surface area (Å²) in [6.45, 7) is 2.45. The Morgan fingerprint density at radius 2 is 1.96 bits per heavy atom. The van der Waals surface area contributed by atoms with Crippen LogP contribution in [0.25, 0.3) is 5.69 Å². The Labute approximate surface area is 170 Å². The first-order valence-electron chi connectivity index (χ1n) is 8.95. The minimum absolute atomic E-state index is 0.444. The van der Waals surface area contributed by atoms with Crippen molar-refractivity contribution >= 4 is 39.9 Å². The maximum atomic E-state index is 4.56. The number of aromatic nitrogens is 3. The molecule has 1 unspecified atom stereocenters. The predicted molar refractivity (Wildman–Crippen MR) is 114 cm³/mol. The third kappa shape index (κ3) is 3.19. The topological polar surface area (TPSA) is 46.3 Å². The van der Waals surface area contributed by atoms with E-state index in [1.807, 2.05) is 18.0 Å². The summed E-state index contributed by atoms with van der Waals surface area (Å²) in [5.74, 6) is 2.88. The molecule has 0 radical (unpaired) electrons. The molecule has 2 aliphatic rings. The predicted octanol–water partition coefficient (Wildman–Crippen LogP) is 4.26. The highest BCUT2D eigenvalue weighted by Gasteiger charge is 2.28. The number of hydrogen-bond acceptors (Lipinski definition) is 5. The van der Waals surface area contributed by atoms with Crippen LogP contribution in [-0.2, 0) is 6.54 Å². The average Bonchev–Trinajstić information content (AvgIpc) is 3.04. The molecule has 1 saturated heterocycles. The standard InChI is InChI=1S/C20H18BrN5S/c21-16-6-7-17-15(10-16)11-22-12-19-23-24-20(26(17)19)25-8-9-27-18(13-25)14-4-2-1-3-5-14/h1-7,10-11,18H,8-9,12-13H2. The molecule has 5 rings (SSSR count). The number of halogens is 1. The van der Waals surface area contributed by atoms with Gasteiger partial charge in [0.15, 0.2) is 5.82 Å². The second kappa shape index (κ2) is 7.13. The number of thioether (sulfide) groups is 1. The van der Waals surface area contributed by atoms with Crippen molar-refractivity contribution in [2.45, 2.75) is 11.8 Å². The van der Waals surface area contributed by atoms with E-state index in [2.05, 4.69) is 89.1 Å². The largest absolute Gasteiger partial charge is 0.338 e. The fraction of sp³-hybridized carbons (Fsp3) is 0.250. The lowest BCUT2D eigenvalue weighted by atomic mass is 10.1. The van der Waals surface area contributed by atoms with Gasteiger partial charge in [-0.2, -0.15) is 11.8 Å². The van der Waals surface area contributed by atoms with Crippen LogP contribution >= 0.6 is 27.7 Å². The minimum Gasteiger partial charge on any atom is -0.338 e. The van der Waals surface area contributed by atoms with Crippen LogP contribution < -0.4 is 4.90 Å². The van der Waals surface area contributed by atoms with E-state index in [1.54, 1.807) is 0 Å². The van der Waals surface area contributed by atoms with Gasteiger partial charge in [0, 0.05) is 40.3 Å². The Morgan fingerprint density at radius 1 is 1.07 bits per heavy atom. The van der Waals surface area contributed by atoms with Crippen molar-refractivity contribution in [3.8, 4) is 5.69 Å². The maximum Gasteiger partial charge on any atom is 0.232 e. The zero-order valence-electron chi connectivity index (χ0n) is 14.6. The number of hydrogen-bond donors (Lipinski definition) is 0. The van der Waals surface area contributed by atoms with Gasteiger partial charge in [0.25, 0.3) is 0 Å². The summed E-state index contributed by atoms with van der Waals surface area (Å²) >= 11 is 5.58. The molecule has 0 amide bonds. The molecule has 2 aliphatic heterocycles. The first-order valence-corrected chi connectivity index (χ1v) is 10.8. The molecule has 27 heavy (non-hydrogen) atoms. The Kier molecular flexibility index (Phi) is 4.49. The van der Waals surface area contributed by atoms with Crippen LogP contribution in [0.5, 0.6) is 0 Å². The lowest BCUT2D eigenvalue weighted by Crippen LogP contribution is -2.36. The monoisotopic (exact) mass is 439 g/mol. The molecule has 136 valence electrons. The highest BCUT2D eigenvalue weighted by Crippen LogP contribution is 2.36. The Balaban J connectivity index is 1.53. The Hall–Kier alpha value is -2.12. The molecule has 2 aromatic carbocycles. The molecule has 0 saturated carbocycles. The van der Waals surface area contributed by atoms with Crippen LogP contribution in [-0.4, -0.2) is 39.8 Å². The Morgan fingerprint density at radius 3 is 2.85 bits per heavy atom. The quantitative estimate of drug-likeness (QED) is 0.598. The summed E-state index contributed by atoms with van der Waals surface area (Å²) in [6, 6.07) is 17.0. The summed E-state index contributed by atoms with van der Waals surface area (Å²) in [6.07, 6.45) is 1.93. The fourth-order valence-corrected chi connectivity index (χ4v) is 5.24. The van der Waals surface area contributed by atoms with Crippen LogP contribution in [0.1, 0.15) is 22.2 Å². The molecule has 5 nitrogen and oxygen atoms in total. The van der Waals surface area contributed by atoms with Crippen LogP contribution in [0.4, 0.5) is 5.95 Å². The number of benzene rings is 2. The van der Waals surface area contributed by atoms with E-state index < -0.39 is 0 Å². The molecule has 0 aliphatic carbocycles. The third-order valence-corrected chi connectivity index (χ3v) is 6.66. The fourth-order valence-electron chi connectivity index (χ4n) is 3.62. The van der Waals surface area contributed by atoms with Gasteiger partial charge in [0.2, 0.25) is 5.95 Å². The van der Waals surface area contributed by atoms with E-state index in [0.717, 1.165) is 46.3 Å². The van der Waals surface area contributed by atoms with Gasteiger partial charge in [-0.15, -0.1) is 10.2 Å². The maximum absolute atomic E-state index is 4.56. The molecule has 3 heterocycles. The van der Waals surface area contributed by atoms with Crippen molar-refractivity contribution in [3.05, 3.63) is 70.0 Å². The van der Waals surface area contributed by atoms with Gasteiger partial charge in [-0.05, 0) is 23.8 Å². The molecule has 1 fully saturated rings. The zero-order chi connectivity index (χ0) is 18.2. The number of nitrogens with zero attached hydrogens (tertiary/aromatic N) is 5. The number of aliphatic imine (C=N–C) groups is 1. The van der Waals surface area contributed by atoms with Crippen LogP contribution in [0.2, 0.25) is 0 Å². The van der Waals surface area contributed by atoms with Gasteiger partial charge >= 0.3 is 0 Å². The summed E-state index contributed by atoms with van der Waals surface area (Å²) in [4.78, 5) is 6.89. The third-order valence-electron chi connectivity index (χ3n) is 4.93. The molecule has 7 heteroatoms. The van der Waals surface area contributed by atoms with Gasteiger partial charge in [0.1, 0.15) is 0 Å². The van der Waals surface area contributed by atoms with Crippen molar-refractivity contribution in [2.24, 2.45) is 4.99 Å². The molecular formula is C20H18BrN5S. The van der Waals surface area contributed by atoms with E-state index in [1.165, 1.54) is 5.56 Å². The highest BCUT2D eigenvalue weighted by atomic mass is 79.9. The van der Waals surface area contributed by atoms with E-state index in [0.29, 0.717) is 11.8 Å². The number of anilines is 1.